The minimum absolute atomic E-state index is 0.489. The largest absolute Gasteiger partial charge is 0.301 e. The third kappa shape index (κ3) is 13.6. The van der Waals surface area contributed by atoms with E-state index in [-0.39, 0.29) is 0 Å². The Bertz CT molecular complexity index is 1910. The minimum atomic E-state index is 0.489. The molecule has 6 unspecified atom stereocenters. The third-order valence-electron chi connectivity index (χ3n) is 31.1. The zero-order valence-corrected chi connectivity index (χ0v) is 55.6. The van der Waals surface area contributed by atoms with Crippen LogP contribution in [0.15, 0.2) is 0 Å². The lowest BCUT2D eigenvalue weighted by atomic mass is 9.50. The van der Waals surface area contributed by atoms with Gasteiger partial charge in [0.1, 0.15) is 0 Å². The molecule has 14 aliphatic rings. The molecule has 478 valence electrons. The fraction of sp³-hybridized carbons (Fsp3) is 1.00. The molecule has 12 aliphatic carbocycles. The van der Waals surface area contributed by atoms with Crippen LogP contribution in [0.4, 0.5) is 0 Å². The first-order valence-electron chi connectivity index (χ1n) is 40.2. The van der Waals surface area contributed by atoms with E-state index in [4.69, 9.17) is 0 Å². The molecule has 0 spiro atoms. The molecule has 0 aromatic heterocycles. The van der Waals surface area contributed by atoms with E-state index in [1.165, 1.54) is 212 Å². The molecule has 14 fully saturated rings. The Morgan fingerprint density at radius 2 is 0.536 bits per heavy atom. The number of hydrogen-bond acceptors (Lipinski definition) is 5. The molecule has 2 aliphatic heterocycles. The van der Waals surface area contributed by atoms with Crippen molar-refractivity contribution in [3.8, 4) is 0 Å². The molecule has 6 atom stereocenters. The average Bonchev–Trinajstić information content (AvgIpc) is 3.01. The van der Waals surface area contributed by atoms with Gasteiger partial charge in [0.05, 0.1) is 6.17 Å². The molecule has 2 saturated heterocycles. The van der Waals surface area contributed by atoms with Gasteiger partial charge in [-0.05, 0) is 313 Å². The highest BCUT2D eigenvalue weighted by molar-refractivity contribution is 5.11. The van der Waals surface area contributed by atoms with Gasteiger partial charge in [0.2, 0.25) is 0 Å². The summed E-state index contributed by atoms with van der Waals surface area (Å²) < 4.78 is 0. The van der Waals surface area contributed by atoms with Gasteiger partial charge in [-0.3, -0.25) is 14.7 Å². The van der Waals surface area contributed by atoms with Crippen LogP contribution >= 0.6 is 0 Å². The molecule has 5 nitrogen and oxygen atoms in total. The zero-order chi connectivity index (χ0) is 56.4. The predicted octanol–water partition coefficient (Wildman–Crippen LogP) is 19.8. The van der Waals surface area contributed by atoms with Crippen molar-refractivity contribution in [2.24, 2.45) is 82.3 Å². The summed E-state index contributed by atoms with van der Waals surface area (Å²) in [6, 6.07) is 8.10. The van der Waals surface area contributed by atoms with Crippen molar-refractivity contribution < 1.29 is 0 Å². The molecular weight excluding hydrogens is 1020 g/mol. The van der Waals surface area contributed by atoms with Crippen LogP contribution in [-0.4, -0.2) is 88.3 Å². The number of nitrogens with zero attached hydrogens (tertiary/aromatic N) is 3. The molecule has 0 aromatic carbocycles. The van der Waals surface area contributed by atoms with Gasteiger partial charge < -0.3 is 10.6 Å². The molecule has 5 heteroatoms. The lowest BCUT2D eigenvalue weighted by molar-refractivity contribution is -0.161. The molecule has 0 amide bonds. The first kappa shape index (κ1) is 61.3. The maximum atomic E-state index is 4.03. The standard InChI is InChI=1S/C79H137N5/c1-79(2)74-52-64(60-38-46-71(47-39-60)82(67-20-10-4-11-21-67)68-22-12-5-13-23-68)42-50-76(74)84(70-26-16-7-17-27-70)77-51-43-65(53-75(77)79)61-40-48-73(49-41-61)83(69-24-14-6-15-25-69)72-44-36-59(37-45-72)58-30-28-56(29-31-58)57-32-34-62(35-33-57)66-54-80-78(81-55-66)63-18-8-3-9-19-63/h56-78,80-81H,3-55H2,1-2H3. The van der Waals surface area contributed by atoms with Gasteiger partial charge >= 0.3 is 0 Å². The Hall–Kier alpha value is -0.200. The second-order valence-electron chi connectivity index (χ2n) is 35.3. The van der Waals surface area contributed by atoms with E-state index in [9.17, 15) is 0 Å². The number of likely N-dealkylation sites (tertiary alicyclic amines) is 1. The Morgan fingerprint density at radius 1 is 0.262 bits per heavy atom. The highest BCUT2D eigenvalue weighted by Crippen LogP contribution is 2.61. The summed E-state index contributed by atoms with van der Waals surface area (Å²) in [6.45, 7) is 8.38. The van der Waals surface area contributed by atoms with Crippen LogP contribution in [0.3, 0.4) is 0 Å². The maximum absolute atomic E-state index is 4.03. The van der Waals surface area contributed by atoms with Crippen molar-refractivity contribution >= 4 is 0 Å². The lowest BCUT2D eigenvalue weighted by Gasteiger charge is -2.65. The monoisotopic (exact) mass is 1160 g/mol. The maximum Gasteiger partial charge on any atom is 0.0600 e. The lowest BCUT2D eigenvalue weighted by Crippen LogP contribution is -2.67. The number of fused-ring (bicyclic) bond motifs is 2. The zero-order valence-electron chi connectivity index (χ0n) is 55.6. The molecule has 0 radical (unpaired) electrons. The second kappa shape index (κ2) is 28.8. The van der Waals surface area contributed by atoms with Crippen molar-refractivity contribution in [2.45, 2.75) is 402 Å². The number of hydrogen-bond donors (Lipinski definition) is 2. The highest BCUT2D eigenvalue weighted by atomic mass is 15.3. The summed E-state index contributed by atoms with van der Waals surface area (Å²) >= 11 is 0. The van der Waals surface area contributed by atoms with Crippen molar-refractivity contribution in [3.63, 3.8) is 0 Å². The number of rotatable bonds is 13. The highest BCUT2D eigenvalue weighted by Gasteiger charge is 2.58. The van der Waals surface area contributed by atoms with Crippen LogP contribution in [0.5, 0.6) is 0 Å². The van der Waals surface area contributed by atoms with Crippen molar-refractivity contribution in [1.29, 1.82) is 0 Å². The Kier molecular flexibility index (Phi) is 21.0. The summed E-state index contributed by atoms with van der Waals surface area (Å²) in [5.74, 6) is 12.8. The van der Waals surface area contributed by atoms with Crippen LogP contribution in [0.1, 0.15) is 341 Å². The molecule has 0 aromatic rings. The van der Waals surface area contributed by atoms with Crippen LogP contribution in [0, 0.1) is 82.3 Å². The van der Waals surface area contributed by atoms with Crippen molar-refractivity contribution in [3.05, 3.63) is 0 Å². The Balaban J connectivity index is 0.564. The molecule has 14 rings (SSSR count). The van der Waals surface area contributed by atoms with E-state index in [1.807, 2.05) is 0 Å². The van der Waals surface area contributed by atoms with Gasteiger partial charge in [0.15, 0.2) is 0 Å². The summed E-state index contributed by atoms with van der Waals surface area (Å²) in [5.41, 5.74) is 0.489. The average molecular weight is 1160 g/mol. The van der Waals surface area contributed by atoms with Crippen LogP contribution in [-0.2, 0) is 0 Å². The Morgan fingerprint density at radius 3 is 0.893 bits per heavy atom. The fourth-order valence-corrected chi connectivity index (χ4v) is 26.5. The SMILES string of the molecule is CC1(C)C2CC(C3CCC(N(C4CCCCC4)C4CCCCC4)CC3)CCC2N(C2CCCCC2)C2CCC(C3CCC(N(C4CCCCC4)C4CCC(C5CCC(C6CCC(C7CNC(C8CCCCC8)NC7)CC6)CC5)CC4)CC3)CC21. The predicted molar refractivity (Wildman–Crippen MR) is 354 cm³/mol. The fourth-order valence-electron chi connectivity index (χ4n) is 26.5. The second-order valence-corrected chi connectivity index (χ2v) is 35.3. The van der Waals surface area contributed by atoms with Gasteiger partial charge in [-0.25, -0.2) is 0 Å². The number of nitrogens with one attached hydrogen (secondary N) is 2. The molecule has 0 bridgehead atoms. The smallest absolute Gasteiger partial charge is 0.0600 e. The Labute approximate surface area is 520 Å². The quantitative estimate of drug-likeness (QED) is 0.192. The van der Waals surface area contributed by atoms with Crippen molar-refractivity contribution in [2.75, 3.05) is 13.1 Å². The summed E-state index contributed by atoms with van der Waals surface area (Å²) in [6.07, 6.45) is 78.5. The molecule has 2 N–H and O–H groups in total. The molecule has 12 saturated carbocycles. The molecule has 2 heterocycles. The minimum Gasteiger partial charge on any atom is -0.301 e. The normalized spacial score (nSPS) is 44.6. The molecule has 84 heavy (non-hydrogen) atoms. The first-order valence-corrected chi connectivity index (χ1v) is 40.2. The van der Waals surface area contributed by atoms with Crippen LogP contribution < -0.4 is 10.6 Å². The van der Waals surface area contributed by atoms with E-state index in [0.29, 0.717) is 11.6 Å². The van der Waals surface area contributed by atoms with Crippen LogP contribution in [0.2, 0.25) is 0 Å². The summed E-state index contributed by atoms with van der Waals surface area (Å²) in [7, 11) is 0. The topological polar surface area (TPSA) is 33.8 Å². The van der Waals surface area contributed by atoms with E-state index in [2.05, 4.69) is 39.2 Å². The van der Waals surface area contributed by atoms with Gasteiger partial charge in [0.25, 0.3) is 0 Å². The summed E-state index contributed by atoms with van der Waals surface area (Å²) in [5, 5.41) is 8.06. The van der Waals surface area contributed by atoms with Crippen molar-refractivity contribution in [1.82, 2.24) is 25.3 Å². The number of piperidine rings is 1. The van der Waals surface area contributed by atoms with Gasteiger partial charge in [0, 0.05) is 67.5 Å². The van der Waals surface area contributed by atoms with E-state index in [0.717, 1.165) is 131 Å². The van der Waals surface area contributed by atoms with E-state index >= 15 is 0 Å². The van der Waals surface area contributed by atoms with E-state index < -0.39 is 0 Å². The first-order chi connectivity index (χ1) is 41.4. The van der Waals surface area contributed by atoms with E-state index in [1.54, 1.807) is 128 Å². The van der Waals surface area contributed by atoms with Crippen LogP contribution in [0.25, 0.3) is 0 Å². The third-order valence-corrected chi connectivity index (χ3v) is 31.1. The summed E-state index contributed by atoms with van der Waals surface area (Å²) in [4.78, 5) is 10.0. The van der Waals surface area contributed by atoms with Gasteiger partial charge in [-0.2, -0.15) is 0 Å². The van der Waals surface area contributed by atoms with Gasteiger partial charge in [-0.1, -0.05) is 110 Å². The molecular formula is C79H137N5. The van der Waals surface area contributed by atoms with Gasteiger partial charge in [-0.15, -0.1) is 0 Å².